The molecule has 0 aliphatic heterocycles. The second-order valence-corrected chi connectivity index (χ2v) is 4.25. The second kappa shape index (κ2) is 8.91. The van der Waals surface area contributed by atoms with Gasteiger partial charge in [-0.05, 0) is 31.4 Å². The standard InChI is InChI=1S/C16H20O4/c1-3-5-8-12-20-16(18)14-10-7-6-9-13(14)15(17)19-11-4-2/h3,6-7,9-10H,1,4-5,8,11-12H2,2H3. The minimum Gasteiger partial charge on any atom is -0.462 e. The quantitative estimate of drug-likeness (QED) is 0.415. The Bertz CT molecular complexity index is 465. The normalized spacial score (nSPS) is 9.85. The first-order valence-corrected chi connectivity index (χ1v) is 6.74. The summed E-state index contributed by atoms with van der Waals surface area (Å²) in [5.41, 5.74) is 0.488. The van der Waals surface area contributed by atoms with Gasteiger partial charge in [-0.15, -0.1) is 6.58 Å². The van der Waals surface area contributed by atoms with E-state index in [1.165, 1.54) is 0 Å². The highest BCUT2D eigenvalue weighted by Crippen LogP contribution is 2.12. The molecule has 1 aromatic rings. The number of hydrogen-bond acceptors (Lipinski definition) is 4. The van der Waals surface area contributed by atoms with E-state index in [2.05, 4.69) is 6.58 Å². The van der Waals surface area contributed by atoms with E-state index in [1.807, 2.05) is 6.92 Å². The number of esters is 2. The van der Waals surface area contributed by atoms with Crippen molar-refractivity contribution in [1.29, 1.82) is 0 Å². The van der Waals surface area contributed by atoms with Crippen molar-refractivity contribution in [2.75, 3.05) is 13.2 Å². The highest BCUT2D eigenvalue weighted by atomic mass is 16.5. The molecule has 0 atom stereocenters. The SMILES string of the molecule is C=CCCCOC(=O)c1ccccc1C(=O)OCCC. The molecule has 0 fully saturated rings. The Labute approximate surface area is 119 Å². The van der Waals surface area contributed by atoms with Crippen molar-refractivity contribution in [1.82, 2.24) is 0 Å². The Morgan fingerprint density at radius 2 is 1.65 bits per heavy atom. The lowest BCUT2D eigenvalue weighted by molar-refractivity contribution is 0.0456. The first-order chi connectivity index (χ1) is 9.70. The van der Waals surface area contributed by atoms with E-state index in [0.29, 0.717) is 13.2 Å². The molecule has 0 aliphatic carbocycles. The van der Waals surface area contributed by atoms with Gasteiger partial charge in [-0.25, -0.2) is 9.59 Å². The molecule has 0 bridgehead atoms. The molecule has 0 unspecified atom stereocenters. The molecular formula is C16H20O4. The summed E-state index contributed by atoms with van der Waals surface area (Å²) in [6.45, 7) is 6.15. The lowest BCUT2D eigenvalue weighted by Crippen LogP contribution is -2.14. The van der Waals surface area contributed by atoms with Gasteiger partial charge in [-0.2, -0.15) is 0 Å². The second-order valence-electron chi connectivity index (χ2n) is 4.25. The van der Waals surface area contributed by atoms with Crippen molar-refractivity contribution < 1.29 is 19.1 Å². The fraction of sp³-hybridized carbons (Fsp3) is 0.375. The molecule has 0 spiro atoms. The van der Waals surface area contributed by atoms with Crippen molar-refractivity contribution in [2.45, 2.75) is 26.2 Å². The van der Waals surface area contributed by atoms with Crippen molar-refractivity contribution in [3.8, 4) is 0 Å². The molecule has 0 aliphatic rings. The van der Waals surface area contributed by atoms with Crippen LogP contribution in [0.5, 0.6) is 0 Å². The highest BCUT2D eigenvalue weighted by Gasteiger charge is 2.18. The third kappa shape index (κ3) is 4.88. The van der Waals surface area contributed by atoms with Crippen LogP contribution in [-0.4, -0.2) is 25.2 Å². The van der Waals surface area contributed by atoms with Gasteiger partial charge in [-0.3, -0.25) is 0 Å². The zero-order valence-corrected chi connectivity index (χ0v) is 11.8. The summed E-state index contributed by atoms with van der Waals surface area (Å²) >= 11 is 0. The van der Waals surface area contributed by atoms with Crippen molar-refractivity contribution in [3.05, 3.63) is 48.0 Å². The molecule has 108 valence electrons. The fourth-order valence-corrected chi connectivity index (χ4v) is 1.58. The maximum Gasteiger partial charge on any atom is 0.339 e. The van der Waals surface area contributed by atoms with Gasteiger partial charge in [0, 0.05) is 0 Å². The smallest absolute Gasteiger partial charge is 0.339 e. The van der Waals surface area contributed by atoms with E-state index >= 15 is 0 Å². The average Bonchev–Trinajstić information content (AvgIpc) is 2.49. The molecule has 0 N–H and O–H groups in total. The first kappa shape index (κ1) is 16.0. The van der Waals surface area contributed by atoms with E-state index in [4.69, 9.17) is 9.47 Å². The number of rotatable bonds is 8. The van der Waals surface area contributed by atoms with Crippen LogP contribution < -0.4 is 0 Å². The van der Waals surface area contributed by atoms with Crippen LogP contribution >= 0.6 is 0 Å². The van der Waals surface area contributed by atoms with Crippen LogP contribution in [0.3, 0.4) is 0 Å². The van der Waals surface area contributed by atoms with Gasteiger partial charge in [-0.1, -0.05) is 25.1 Å². The highest BCUT2D eigenvalue weighted by molar-refractivity contribution is 6.03. The Morgan fingerprint density at radius 1 is 1.10 bits per heavy atom. The average molecular weight is 276 g/mol. The molecule has 0 heterocycles. The topological polar surface area (TPSA) is 52.6 Å². The summed E-state index contributed by atoms with van der Waals surface area (Å²) in [5.74, 6) is -0.997. The molecule has 1 rings (SSSR count). The maximum absolute atomic E-state index is 12.0. The zero-order chi connectivity index (χ0) is 14.8. The van der Waals surface area contributed by atoms with Crippen LogP contribution in [0.2, 0.25) is 0 Å². The summed E-state index contributed by atoms with van der Waals surface area (Å²) in [4.78, 5) is 23.8. The fourth-order valence-electron chi connectivity index (χ4n) is 1.58. The van der Waals surface area contributed by atoms with Crippen LogP contribution in [0.25, 0.3) is 0 Å². The molecule has 0 saturated heterocycles. The zero-order valence-electron chi connectivity index (χ0n) is 11.8. The van der Waals surface area contributed by atoms with Crippen molar-refractivity contribution in [3.63, 3.8) is 0 Å². The predicted octanol–water partition coefficient (Wildman–Crippen LogP) is 3.38. The van der Waals surface area contributed by atoms with E-state index < -0.39 is 11.9 Å². The largest absolute Gasteiger partial charge is 0.462 e. The molecule has 0 aromatic heterocycles. The Morgan fingerprint density at radius 3 is 2.15 bits per heavy atom. The lowest BCUT2D eigenvalue weighted by Gasteiger charge is -2.09. The van der Waals surface area contributed by atoms with E-state index in [0.717, 1.165) is 19.3 Å². The van der Waals surface area contributed by atoms with E-state index in [1.54, 1.807) is 30.3 Å². The molecular weight excluding hydrogens is 256 g/mol. The predicted molar refractivity (Wildman–Crippen MR) is 76.7 cm³/mol. The summed E-state index contributed by atoms with van der Waals surface area (Å²) in [6, 6.07) is 6.52. The number of benzene rings is 1. The number of ether oxygens (including phenoxy) is 2. The Hall–Kier alpha value is -2.10. The van der Waals surface area contributed by atoms with Crippen molar-refractivity contribution in [2.24, 2.45) is 0 Å². The molecule has 4 nitrogen and oxygen atoms in total. The maximum atomic E-state index is 12.0. The summed E-state index contributed by atoms with van der Waals surface area (Å²) in [5, 5.41) is 0. The molecule has 1 aromatic carbocycles. The summed E-state index contributed by atoms with van der Waals surface area (Å²) in [6.07, 6.45) is 4.01. The van der Waals surface area contributed by atoms with E-state index in [9.17, 15) is 9.59 Å². The van der Waals surface area contributed by atoms with Gasteiger partial charge >= 0.3 is 11.9 Å². The van der Waals surface area contributed by atoms with Crippen LogP contribution in [0, 0.1) is 0 Å². The lowest BCUT2D eigenvalue weighted by atomic mass is 10.1. The van der Waals surface area contributed by atoms with Gasteiger partial charge in [0.05, 0.1) is 24.3 Å². The summed E-state index contributed by atoms with van der Waals surface area (Å²) in [7, 11) is 0. The van der Waals surface area contributed by atoms with Gasteiger partial charge in [0.2, 0.25) is 0 Å². The molecule has 0 saturated carbocycles. The number of unbranched alkanes of at least 4 members (excludes halogenated alkanes) is 1. The van der Waals surface area contributed by atoms with Crippen molar-refractivity contribution >= 4 is 11.9 Å². The first-order valence-electron chi connectivity index (χ1n) is 6.74. The molecule has 0 amide bonds. The van der Waals surface area contributed by atoms with Crippen LogP contribution in [0.15, 0.2) is 36.9 Å². The number of hydrogen-bond donors (Lipinski definition) is 0. The van der Waals surface area contributed by atoms with Crippen LogP contribution in [0.4, 0.5) is 0 Å². The third-order valence-electron chi connectivity index (χ3n) is 2.59. The molecule has 4 heteroatoms. The van der Waals surface area contributed by atoms with Crippen LogP contribution in [0.1, 0.15) is 46.9 Å². The Balaban J connectivity index is 2.71. The molecule has 0 radical (unpaired) electrons. The van der Waals surface area contributed by atoms with Gasteiger partial charge in [0.1, 0.15) is 0 Å². The molecule has 20 heavy (non-hydrogen) atoms. The number of allylic oxidation sites excluding steroid dienone is 1. The number of carbonyl (C=O) groups is 2. The van der Waals surface area contributed by atoms with Gasteiger partial charge < -0.3 is 9.47 Å². The Kier molecular flexibility index (Phi) is 7.11. The van der Waals surface area contributed by atoms with Crippen LogP contribution in [-0.2, 0) is 9.47 Å². The van der Waals surface area contributed by atoms with Gasteiger partial charge in [0.15, 0.2) is 0 Å². The minimum atomic E-state index is -0.502. The minimum absolute atomic E-state index is 0.243. The summed E-state index contributed by atoms with van der Waals surface area (Å²) < 4.78 is 10.2. The number of carbonyl (C=O) groups excluding carboxylic acids is 2. The van der Waals surface area contributed by atoms with Gasteiger partial charge in [0.25, 0.3) is 0 Å². The monoisotopic (exact) mass is 276 g/mol. The van der Waals surface area contributed by atoms with E-state index in [-0.39, 0.29) is 11.1 Å². The third-order valence-corrected chi connectivity index (χ3v) is 2.59.